The van der Waals surface area contributed by atoms with Crippen LogP contribution < -0.4 is 21.7 Å². The van der Waals surface area contributed by atoms with E-state index in [0.29, 0.717) is 18.6 Å². The number of aromatic nitrogens is 1. The van der Waals surface area contributed by atoms with E-state index in [0.717, 1.165) is 16.5 Å². The minimum Gasteiger partial charge on any atom is -0.480 e. The summed E-state index contributed by atoms with van der Waals surface area (Å²) in [4.78, 5) is 54.2. The van der Waals surface area contributed by atoms with Crippen LogP contribution in [-0.2, 0) is 25.6 Å². The molecule has 2 rings (SSSR count). The second-order valence-corrected chi connectivity index (χ2v) is 10.9. The van der Waals surface area contributed by atoms with Gasteiger partial charge in [0.2, 0.25) is 17.7 Å². The lowest BCUT2D eigenvalue weighted by atomic mass is 9.97. The fourth-order valence-electron chi connectivity index (χ4n) is 4.06. The molecule has 0 bridgehead atoms. The van der Waals surface area contributed by atoms with Gasteiger partial charge < -0.3 is 31.8 Å². The molecule has 10 nitrogen and oxygen atoms in total. The average molecular weight is 548 g/mol. The van der Waals surface area contributed by atoms with Crippen LogP contribution in [-0.4, -0.2) is 70.0 Å². The number of rotatable bonds is 15. The van der Waals surface area contributed by atoms with E-state index in [4.69, 9.17) is 5.73 Å². The molecule has 0 aliphatic carbocycles. The summed E-state index contributed by atoms with van der Waals surface area (Å²) in [5, 5.41) is 18.8. The molecule has 5 unspecified atom stereocenters. The van der Waals surface area contributed by atoms with E-state index >= 15 is 0 Å². The van der Waals surface area contributed by atoms with Crippen LogP contribution in [0.5, 0.6) is 0 Å². The second-order valence-electron chi connectivity index (χ2n) is 9.95. The Morgan fingerprint density at radius 3 is 2.26 bits per heavy atom. The van der Waals surface area contributed by atoms with Crippen molar-refractivity contribution >= 4 is 46.4 Å². The Kier molecular flexibility index (Phi) is 12.1. The van der Waals surface area contributed by atoms with Crippen molar-refractivity contribution in [1.29, 1.82) is 0 Å². The minimum atomic E-state index is -1.19. The van der Waals surface area contributed by atoms with Crippen molar-refractivity contribution < 1.29 is 24.3 Å². The SMILES string of the molecule is CCC(C)C(N)C(=O)NC(C(=O)NC(CCSC)C(=O)NC(Cc1c[nH]c2ccccc12)C(=O)O)C(C)C. The van der Waals surface area contributed by atoms with E-state index in [2.05, 4.69) is 20.9 Å². The summed E-state index contributed by atoms with van der Waals surface area (Å²) in [6.45, 7) is 7.38. The first-order chi connectivity index (χ1) is 18.0. The summed E-state index contributed by atoms with van der Waals surface area (Å²) in [5.74, 6) is -2.47. The average Bonchev–Trinajstić information content (AvgIpc) is 3.30. The van der Waals surface area contributed by atoms with Crippen LogP contribution in [0.2, 0.25) is 0 Å². The number of nitrogens with one attached hydrogen (secondary N) is 4. The predicted octanol–water partition coefficient (Wildman–Crippen LogP) is 2.03. The number of amides is 3. The van der Waals surface area contributed by atoms with E-state index < -0.39 is 47.9 Å². The maximum atomic E-state index is 13.2. The number of aliphatic carboxylic acids is 1. The van der Waals surface area contributed by atoms with Crippen molar-refractivity contribution in [1.82, 2.24) is 20.9 Å². The Bertz CT molecular complexity index is 1100. The quantitative estimate of drug-likeness (QED) is 0.198. The van der Waals surface area contributed by atoms with Crippen LogP contribution in [0.4, 0.5) is 0 Å². The molecule has 0 saturated carbocycles. The Hall–Kier alpha value is -3.05. The van der Waals surface area contributed by atoms with E-state index in [1.54, 1.807) is 20.0 Å². The van der Waals surface area contributed by atoms with Gasteiger partial charge in [0.25, 0.3) is 0 Å². The van der Waals surface area contributed by atoms with E-state index in [-0.39, 0.29) is 18.3 Å². The number of para-hydroxylation sites is 1. The lowest BCUT2D eigenvalue weighted by Gasteiger charge is -2.27. The molecule has 210 valence electrons. The molecule has 7 N–H and O–H groups in total. The Morgan fingerprint density at radius 1 is 1.00 bits per heavy atom. The second kappa shape index (κ2) is 14.8. The highest BCUT2D eigenvalue weighted by Crippen LogP contribution is 2.19. The van der Waals surface area contributed by atoms with E-state index in [9.17, 15) is 24.3 Å². The van der Waals surface area contributed by atoms with Gasteiger partial charge >= 0.3 is 5.97 Å². The standard InChI is InChI=1S/C27H41N5O5S/c1-6-16(4)22(28)25(34)32-23(15(2)3)26(35)30-20(11-12-38-5)24(33)31-21(27(36)37)13-17-14-29-19-10-8-7-9-18(17)19/h7-10,14-16,20-23,29H,6,11-13,28H2,1-5H3,(H,30,35)(H,31,33)(H,32,34)(H,36,37). The highest BCUT2D eigenvalue weighted by molar-refractivity contribution is 7.98. The smallest absolute Gasteiger partial charge is 0.326 e. The first kappa shape index (κ1) is 31.2. The van der Waals surface area contributed by atoms with Gasteiger partial charge in [0.05, 0.1) is 6.04 Å². The molecule has 1 aromatic heterocycles. The zero-order valence-corrected chi connectivity index (χ0v) is 23.6. The number of fused-ring (bicyclic) bond motifs is 1. The van der Waals surface area contributed by atoms with Crippen molar-refractivity contribution in [3.8, 4) is 0 Å². The molecule has 2 aromatic rings. The summed E-state index contributed by atoms with van der Waals surface area (Å²) in [6, 6.07) is 3.70. The number of thioether (sulfide) groups is 1. The van der Waals surface area contributed by atoms with Gasteiger partial charge in [0.1, 0.15) is 18.1 Å². The molecule has 0 saturated heterocycles. The van der Waals surface area contributed by atoms with Crippen molar-refractivity contribution in [2.45, 2.75) is 71.1 Å². The zero-order valence-electron chi connectivity index (χ0n) is 22.7. The van der Waals surface area contributed by atoms with Gasteiger partial charge in [-0.05, 0) is 41.9 Å². The largest absolute Gasteiger partial charge is 0.480 e. The normalized spacial score (nSPS) is 15.3. The maximum Gasteiger partial charge on any atom is 0.326 e. The minimum absolute atomic E-state index is 0.0592. The Morgan fingerprint density at radius 2 is 1.66 bits per heavy atom. The van der Waals surface area contributed by atoms with E-state index in [1.165, 1.54) is 11.8 Å². The Balaban J connectivity index is 2.16. The maximum absolute atomic E-state index is 13.2. The van der Waals surface area contributed by atoms with Gasteiger partial charge in [-0.25, -0.2) is 4.79 Å². The molecule has 3 amide bonds. The molecule has 11 heteroatoms. The summed E-state index contributed by atoms with van der Waals surface area (Å²) in [7, 11) is 0. The molecule has 1 aromatic carbocycles. The van der Waals surface area contributed by atoms with Crippen LogP contribution in [0.1, 0.15) is 46.1 Å². The molecule has 0 aliphatic rings. The predicted molar refractivity (Wildman–Crippen MR) is 151 cm³/mol. The Labute approximate surface area is 228 Å². The molecule has 1 heterocycles. The van der Waals surface area contributed by atoms with Gasteiger partial charge in [-0.2, -0.15) is 11.8 Å². The molecule has 0 radical (unpaired) electrons. The lowest BCUT2D eigenvalue weighted by Crippen LogP contribution is -2.59. The summed E-state index contributed by atoms with van der Waals surface area (Å²) >= 11 is 1.50. The first-order valence-corrected chi connectivity index (χ1v) is 14.3. The molecule has 38 heavy (non-hydrogen) atoms. The number of carboxylic acids is 1. The monoisotopic (exact) mass is 547 g/mol. The number of carbonyl (C=O) groups excluding carboxylic acids is 3. The number of nitrogens with two attached hydrogens (primary N) is 1. The third-order valence-electron chi connectivity index (χ3n) is 6.76. The third-order valence-corrected chi connectivity index (χ3v) is 7.41. The van der Waals surface area contributed by atoms with Crippen LogP contribution in [0.15, 0.2) is 30.5 Å². The molecule has 5 atom stereocenters. The number of hydrogen-bond donors (Lipinski definition) is 6. The number of aromatic amines is 1. The summed E-state index contributed by atoms with van der Waals surface area (Å²) in [6.07, 6.45) is 4.70. The topological polar surface area (TPSA) is 166 Å². The molecular weight excluding hydrogens is 506 g/mol. The fourth-order valence-corrected chi connectivity index (χ4v) is 4.53. The lowest BCUT2D eigenvalue weighted by molar-refractivity contribution is -0.142. The van der Waals surface area contributed by atoms with Crippen molar-refractivity contribution in [2.24, 2.45) is 17.6 Å². The van der Waals surface area contributed by atoms with Gasteiger partial charge in [-0.3, -0.25) is 14.4 Å². The number of carboxylic acid groups (broad SMARTS) is 1. The van der Waals surface area contributed by atoms with Crippen molar-refractivity contribution in [3.63, 3.8) is 0 Å². The number of hydrogen-bond acceptors (Lipinski definition) is 6. The van der Waals surface area contributed by atoms with Gasteiger partial charge in [-0.1, -0.05) is 52.3 Å². The van der Waals surface area contributed by atoms with Crippen LogP contribution >= 0.6 is 11.8 Å². The fraction of sp³-hybridized carbons (Fsp3) is 0.556. The van der Waals surface area contributed by atoms with Crippen molar-refractivity contribution in [2.75, 3.05) is 12.0 Å². The first-order valence-electron chi connectivity index (χ1n) is 12.9. The van der Waals surface area contributed by atoms with Crippen LogP contribution in [0, 0.1) is 11.8 Å². The molecular formula is C27H41N5O5S. The molecule has 0 aliphatic heterocycles. The highest BCUT2D eigenvalue weighted by Gasteiger charge is 2.32. The number of H-pyrrole nitrogens is 1. The van der Waals surface area contributed by atoms with E-state index in [1.807, 2.05) is 44.4 Å². The molecule has 0 spiro atoms. The molecule has 0 fully saturated rings. The summed E-state index contributed by atoms with van der Waals surface area (Å²) < 4.78 is 0. The van der Waals surface area contributed by atoms with Crippen LogP contribution in [0.25, 0.3) is 10.9 Å². The number of benzene rings is 1. The third kappa shape index (κ3) is 8.49. The van der Waals surface area contributed by atoms with Gasteiger partial charge in [0, 0.05) is 23.5 Å². The van der Waals surface area contributed by atoms with Crippen molar-refractivity contribution in [3.05, 3.63) is 36.0 Å². The summed E-state index contributed by atoms with van der Waals surface area (Å²) in [5.41, 5.74) is 7.68. The number of carbonyl (C=O) groups is 4. The van der Waals surface area contributed by atoms with Crippen LogP contribution in [0.3, 0.4) is 0 Å². The highest BCUT2D eigenvalue weighted by atomic mass is 32.2. The van der Waals surface area contributed by atoms with Gasteiger partial charge in [0.15, 0.2) is 0 Å². The van der Waals surface area contributed by atoms with Gasteiger partial charge in [-0.15, -0.1) is 0 Å². The zero-order chi connectivity index (χ0) is 28.4.